The van der Waals surface area contributed by atoms with Gasteiger partial charge >= 0.3 is 0 Å². The van der Waals surface area contributed by atoms with E-state index < -0.39 is 0 Å². The number of benzene rings is 3. The minimum Gasteiger partial charge on any atom is -0.272 e. The maximum absolute atomic E-state index is 12.3. The Balaban J connectivity index is 1.40. The zero-order valence-corrected chi connectivity index (χ0v) is 19.0. The van der Waals surface area contributed by atoms with Crippen LogP contribution in [0.4, 0.5) is 0 Å². The van der Waals surface area contributed by atoms with Crippen molar-refractivity contribution in [1.82, 2.24) is 10.9 Å². The Bertz CT molecular complexity index is 1180. The van der Waals surface area contributed by atoms with Crippen LogP contribution in [0.3, 0.4) is 0 Å². The molecule has 3 aromatic rings. The van der Waals surface area contributed by atoms with Crippen LogP contribution in [0.1, 0.15) is 38.7 Å². The molecule has 2 amide bonds. The molecule has 1 atom stereocenters. The van der Waals surface area contributed by atoms with Crippen molar-refractivity contribution >= 4 is 40.2 Å². The molecule has 0 aromatic heterocycles. The molecule has 0 saturated carbocycles. The second-order valence-corrected chi connectivity index (χ2v) is 8.94. The molecule has 162 valence electrons. The van der Waals surface area contributed by atoms with Crippen LogP contribution in [0.5, 0.6) is 0 Å². The lowest BCUT2D eigenvalue weighted by Gasteiger charge is -2.24. The first kappa shape index (κ1) is 22.1. The fourth-order valence-electron chi connectivity index (χ4n) is 3.58. The van der Waals surface area contributed by atoms with Gasteiger partial charge in [0.2, 0.25) is 5.91 Å². The van der Waals surface area contributed by atoms with E-state index in [9.17, 15) is 9.59 Å². The Morgan fingerprint density at radius 2 is 1.72 bits per heavy atom. The molecule has 1 aliphatic heterocycles. The second kappa shape index (κ2) is 10.0. The van der Waals surface area contributed by atoms with Gasteiger partial charge in [0.15, 0.2) is 0 Å². The fourth-order valence-corrected chi connectivity index (χ4v) is 4.51. The average Bonchev–Trinajstić information content (AvgIpc) is 2.81. The maximum atomic E-state index is 12.3. The van der Waals surface area contributed by atoms with Crippen LogP contribution in [-0.4, -0.2) is 22.6 Å². The summed E-state index contributed by atoms with van der Waals surface area (Å²) in [7, 11) is 0. The SMILES string of the molecule is Cc1ccccc1C(=O)NNC(=O)CSC1=N[C@@H](c2ccc(Cl)cc2)c2ccccc2C1. The highest BCUT2D eigenvalue weighted by molar-refractivity contribution is 8.14. The van der Waals surface area contributed by atoms with E-state index >= 15 is 0 Å². The van der Waals surface area contributed by atoms with Gasteiger partial charge < -0.3 is 0 Å². The van der Waals surface area contributed by atoms with Crippen molar-refractivity contribution in [3.63, 3.8) is 0 Å². The molecule has 4 rings (SSSR count). The highest BCUT2D eigenvalue weighted by Crippen LogP contribution is 2.35. The van der Waals surface area contributed by atoms with Gasteiger partial charge in [-0.2, -0.15) is 0 Å². The molecule has 2 N–H and O–H groups in total. The number of nitrogens with one attached hydrogen (secondary N) is 2. The summed E-state index contributed by atoms with van der Waals surface area (Å²) in [5.74, 6) is -0.475. The number of amides is 2. The molecule has 0 saturated heterocycles. The largest absolute Gasteiger partial charge is 0.272 e. The van der Waals surface area contributed by atoms with E-state index in [-0.39, 0.29) is 23.6 Å². The minimum absolute atomic E-state index is 0.136. The Labute approximate surface area is 196 Å². The quantitative estimate of drug-likeness (QED) is 0.541. The number of hydrazine groups is 1. The number of hydrogen-bond donors (Lipinski definition) is 2. The molecule has 0 radical (unpaired) electrons. The summed E-state index contributed by atoms with van der Waals surface area (Å²) < 4.78 is 0. The zero-order chi connectivity index (χ0) is 22.5. The molecule has 3 aromatic carbocycles. The van der Waals surface area contributed by atoms with Crippen molar-refractivity contribution in [3.8, 4) is 0 Å². The Morgan fingerprint density at radius 1 is 1.00 bits per heavy atom. The van der Waals surface area contributed by atoms with E-state index in [1.54, 1.807) is 12.1 Å². The summed E-state index contributed by atoms with van der Waals surface area (Å²) in [6.07, 6.45) is 0.674. The van der Waals surface area contributed by atoms with Crippen molar-refractivity contribution in [1.29, 1.82) is 0 Å². The van der Waals surface area contributed by atoms with Crippen LogP contribution < -0.4 is 10.9 Å². The lowest BCUT2D eigenvalue weighted by atomic mass is 9.91. The summed E-state index contributed by atoms with van der Waals surface area (Å²) in [6, 6.07) is 23.0. The zero-order valence-electron chi connectivity index (χ0n) is 17.5. The fraction of sp³-hybridized carbons (Fsp3) is 0.160. The van der Waals surface area contributed by atoms with Crippen LogP contribution in [0, 0.1) is 6.92 Å². The summed E-state index contributed by atoms with van der Waals surface area (Å²) in [6.45, 7) is 1.85. The van der Waals surface area contributed by atoms with Crippen LogP contribution in [0.2, 0.25) is 5.02 Å². The molecule has 0 bridgehead atoms. The van der Waals surface area contributed by atoms with Gasteiger partial charge in [-0.25, -0.2) is 0 Å². The molecule has 0 spiro atoms. The molecule has 1 heterocycles. The summed E-state index contributed by atoms with van der Waals surface area (Å²) in [5.41, 5.74) is 9.74. The third-order valence-corrected chi connectivity index (χ3v) is 6.47. The van der Waals surface area contributed by atoms with E-state index in [0.717, 1.165) is 21.7 Å². The number of hydrogen-bond acceptors (Lipinski definition) is 4. The molecule has 0 aliphatic carbocycles. The smallest absolute Gasteiger partial charge is 0.269 e. The third-order valence-electron chi connectivity index (χ3n) is 5.23. The van der Waals surface area contributed by atoms with Crippen molar-refractivity contribution in [3.05, 3.63) is 106 Å². The number of carbonyl (C=O) groups is 2. The predicted octanol–water partition coefficient (Wildman–Crippen LogP) is 4.89. The number of rotatable bonds is 4. The number of thioether (sulfide) groups is 1. The molecular weight excluding hydrogens is 442 g/mol. The molecule has 32 heavy (non-hydrogen) atoms. The van der Waals surface area contributed by atoms with Gasteiger partial charge in [0.1, 0.15) is 6.04 Å². The Morgan fingerprint density at radius 3 is 2.50 bits per heavy atom. The van der Waals surface area contributed by atoms with Crippen LogP contribution >= 0.6 is 23.4 Å². The molecule has 5 nitrogen and oxygen atoms in total. The Hall–Kier alpha value is -3.09. The highest BCUT2D eigenvalue weighted by atomic mass is 35.5. The van der Waals surface area contributed by atoms with E-state index in [0.29, 0.717) is 17.0 Å². The number of carbonyl (C=O) groups excluding carboxylic acids is 2. The van der Waals surface area contributed by atoms with Gasteiger partial charge in [-0.05, 0) is 47.4 Å². The van der Waals surface area contributed by atoms with Crippen molar-refractivity contribution in [2.75, 3.05) is 5.75 Å². The van der Waals surface area contributed by atoms with Gasteiger partial charge in [0.25, 0.3) is 5.91 Å². The predicted molar refractivity (Wildman–Crippen MR) is 130 cm³/mol. The molecular formula is C25H22ClN3O2S. The van der Waals surface area contributed by atoms with Gasteiger partial charge in [-0.1, -0.05) is 66.2 Å². The first-order valence-corrected chi connectivity index (χ1v) is 11.5. The minimum atomic E-state index is -0.340. The topological polar surface area (TPSA) is 70.6 Å². The molecule has 0 fully saturated rings. The van der Waals surface area contributed by atoms with Gasteiger partial charge in [0, 0.05) is 17.0 Å². The third kappa shape index (κ3) is 5.21. The lowest BCUT2D eigenvalue weighted by Crippen LogP contribution is -2.42. The monoisotopic (exact) mass is 463 g/mol. The van der Waals surface area contributed by atoms with Gasteiger partial charge in [-0.3, -0.25) is 25.4 Å². The number of aryl methyl sites for hydroxylation is 1. The van der Waals surface area contributed by atoms with Crippen LogP contribution in [-0.2, 0) is 11.2 Å². The number of fused-ring (bicyclic) bond motifs is 1. The normalized spacial score (nSPS) is 14.8. The van der Waals surface area contributed by atoms with Crippen LogP contribution in [0.15, 0.2) is 77.8 Å². The first-order valence-electron chi connectivity index (χ1n) is 10.2. The van der Waals surface area contributed by atoms with Crippen LogP contribution in [0.25, 0.3) is 0 Å². The average molecular weight is 464 g/mol. The lowest BCUT2D eigenvalue weighted by molar-refractivity contribution is -0.119. The van der Waals surface area contributed by atoms with Gasteiger partial charge in [0.05, 0.1) is 10.8 Å². The van der Waals surface area contributed by atoms with Gasteiger partial charge in [-0.15, -0.1) is 11.8 Å². The molecule has 0 unspecified atom stereocenters. The van der Waals surface area contributed by atoms with Crippen molar-refractivity contribution in [2.45, 2.75) is 19.4 Å². The Kier molecular flexibility index (Phi) is 6.93. The highest BCUT2D eigenvalue weighted by Gasteiger charge is 2.23. The van der Waals surface area contributed by atoms with E-state index in [4.69, 9.17) is 16.6 Å². The van der Waals surface area contributed by atoms with Crippen molar-refractivity contribution < 1.29 is 9.59 Å². The van der Waals surface area contributed by atoms with E-state index in [1.807, 2.05) is 55.5 Å². The maximum Gasteiger partial charge on any atom is 0.269 e. The second-order valence-electron chi connectivity index (χ2n) is 7.46. The number of aliphatic imine (C=N–C) groups is 1. The summed E-state index contributed by atoms with van der Waals surface area (Å²) in [5, 5.41) is 1.56. The first-order chi connectivity index (χ1) is 15.5. The standard InChI is InChI=1S/C25H22ClN3O2S/c1-16-6-2-4-8-20(16)25(31)29-28-22(30)15-32-23-14-18-7-3-5-9-21(18)24(27-23)17-10-12-19(26)13-11-17/h2-13,24H,14-15H2,1H3,(H,28,30)(H,29,31)/t24-/m0/s1. The molecule has 1 aliphatic rings. The summed E-state index contributed by atoms with van der Waals surface area (Å²) in [4.78, 5) is 29.5. The van der Waals surface area contributed by atoms with Crippen molar-refractivity contribution in [2.24, 2.45) is 4.99 Å². The number of nitrogens with zero attached hydrogens (tertiary/aromatic N) is 1. The summed E-state index contributed by atoms with van der Waals surface area (Å²) >= 11 is 7.43. The number of halogens is 1. The van der Waals surface area contributed by atoms with E-state index in [2.05, 4.69) is 23.0 Å². The molecule has 7 heteroatoms. The van der Waals surface area contributed by atoms with E-state index in [1.165, 1.54) is 17.3 Å².